The highest BCUT2D eigenvalue weighted by Gasteiger charge is 2.34. The second kappa shape index (κ2) is 6.91. The molecule has 1 atom stereocenters. The van der Waals surface area contributed by atoms with Crippen LogP contribution in [0.4, 0.5) is 0 Å². The van der Waals surface area contributed by atoms with Crippen molar-refractivity contribution in [1.82, 2.24) is 0 Å². The van der Waals surface area contributed by atoms with E-state index >= 15 is 0 Å². The third-order valence-corrected chi connectivity index (χ3v) is 6.42. The third-order valence-electron chi connectivity index (χ3n) is 2.04. The minimum atomic E-state index is -3.17. The number of halogens is 2. The maximum Gasteiger partial charge on any atom is 0.348 e. The molecule has 0 radical (unpaired) electrons. The molecule has 0 amide bonds. The first-order valence-electron chi connectivity index (χ1n) is 5.31. The summed E-state index contributed by atoms with van der Waals surface area (Å²) in [5.74, 6) is 0. The highest BCUT2D eigenvalue weighted by molar-refractivity contribution is 9.10. The average Bonchev–Trinajstić information content (AvgIpc) is 2.30. The Bertz CT molecular complexity index is 386. The van der Waals surface area contributed by atoms with Crippen molar-refractivity contribution in [3.05, 3.63) is 34.9 Å². The van der Waals surface area contributed by atoms with Gasteiger partial charge in [-0.15, -0.1) is 0 Å². The van der Waals surface area contributed by atoms with Gasteiger partial charge in [0.1, 0.15) is 4.57 Å². The van der Waals surface area contributed by atoms with Crippen LogP contribution in [0, 0.1) is 0 Å². The number of benzene rings is 1. The van der Waals surface area contributed by atoms with Crippen LogP contribution in [0.3, 0.4) is 0 Å². The molecule has 0 bridgehead atoms. The first kappa shape index (κ1) is 15.2. The highest BCUT2D eigenvalue weighted by atomic mass is 79.9. The van der Waals surface area contributed by atoms with Gasteiger partial charge in [-0.1, -0.05) is 39.7 Å². The monoisotopic (exact) mass is 340 g/mol. The van der Waals surface area contributed by atoms with E-state index in [9.17, 15) is 4.57 Å². The summed E-state index contributed by atoms with van der Waals surface area (Å²) in [6.07, 6.45) is 0. The number of hydrogen-bond donors (Lipinski definition) is 0. The molecule has 1 aromatic rings. The Balaban J connectivity index is 2.95. The molecule has 6 heteroatoms. The molecule has 0 saturated carbocycles. The van der Waals surface area contributed by atoms with Crippen LogP contribution < -0.4 is 0 Å². The number of alkyl halides is 1. The third kappa shape index (κ3) is 4.08. The van der Waals surface area contributed by atoms with Crippen LogP contribution >= 0.6 is 35.1 Å². The maximum absolute atomic E-state index is 12.5. The van der Waals surface area contributed by atoms with Gasteiger partial charge in [0.15, 0.2) is 0 Å². The SMILES string of the molecule is CCOP(=O)(OCC)C(Br)c1ccc(Cl)cc1. The van der Waals surface area contributed by atoms with Crippen LogP contribution in [0.15, 0.2) is 24.3 Å². The first-order chi connectivity index (χ1) is 8.03. The second-order valence-electron chi connectivity index (χ2n) is 3.26. The minimum absolute atomic E-state index is 0.340. The molecule has 0 N–H and O–H groups in total. The molecule has 3 nitrogen and oxygen atoms in total. The van der Waals surface area contributed by atoms with Crippen LogP contribution in [0.2, 0.25) is 5.02 Å². The Hall–Kier alpha value is 0.140. The normalized spacial score (nSPS) is 13.6. The fourth-order valence-corrected chi connectivity index (χ4v) is 4.07. The Labute approximate surface area is 115 Å². The van der Waals surface area contributed by atoms with Crippen molar-refractivity contribution in [3.63, 3.8) is 0 Å². The smallest absolute Gasteiger partial charge is 0.308 e. The number of rotatable bonds is 6. The van der Waals surface area contributed by atoms with E-state index in [1.165, 1.54) is 0 Å². The summed E-state index contributed by atoms with van der Waals surface area (Å²) in [6, 6.07) is 7.08. The van der Waals surface area contributed by atoms with Crippen LogP contribution in [-0.4, -0.2) is 13.2 Å². The average molecular weight is 342 g/mol. The molecule has 17 heavy (non-hydrogen) atoms. The van der Waals surface area contributed by atoms with Gasteiger partial charge in [-0.3, -0.25) is 4.57 Å². The molecule has 0 saturated heterocycles. The zero-order valence-corrected chi connectivity index (χ0v) is 13.0. The van der Waals surface area contributed by atoms with E-state index in [1.807, 2.05) is 0 Å². The largest absolute Gasteiger partial charge is 0.348 e. The van der Waals surface area contributed by atoms with Gasteiger partial charge < -0.3 is 9.05 Å². The van der Waals surface area contributed by atoms with Crippen molar-refractivity contribution >= 4 is 35.1 Å². The molecule has 1 rings (SSSR count). The lowest BCUT2D eigenvalue weighted by Gasteiger charge is -2.22. The standard InChI is InChI=1S/C11H15BrClO3P/c1-3-15-17(14,16-4-2)11(12)9-5-7-10(13)8-6-9/h5-8,11H,3-4H2,1-2H3. The highest BCUT2D eigenvalue weighted by Crippen LogP contribution is 2.63. The zero-order chi connectivity index (χ0) is 12.9. The number of hydrogen-bond acceptors (Lipinski definition) is 3. The van der Waals surface area contributed by atoms with Crippen LogP contribution in [-0.2, 0) is 13.6 Å². The molecule has 0 spiro atoms. The lowest BCUT2D eigenvalue weighted by atomic mass is 10.2. The van der Waals surface area contributed by atoms with Gasteiger partial charge in [-0.05, 0) is 31.5 Å². The van der Waals surface area contributed by atoms with Crippen molar-refractivity contribution in [1.29, 1.82) is 0 Å². The Kier molecular flexibility index (Phi) is 6.18. The topological polar surface area (TPSA) is 35.5 Å². The first-order valence-corrected chi connectivity index (χ1v) is 8.22. The summed E-state index contributed by atoms with van der Waals surface area (Å²) in [6.45, 7) is 4.25. The summed E-state index contributed by atoms with van der Waals surface area (Å²) in [5.41, 5.74) is 0.819. The Morgan fingerprint density at radius 2 is 1.71 bits per heavy atom. The molecule has 0 fully saturated rings. The summed E-state index contributed by atoms with van der Waals surface area (Å²) < 4.78 is 22.5. The fourth-order valence-electron chi connectivity index (χ4n) is 1.33. The van der Waals surface area contributed by atoms with Crippen LogP contribution in [0.25, 0.3) is 0 Å². The van der Waals surface area contributed by atoms with Crippen molar-refractivity contribution in [2.45, 2.75) is 18.4 Å². The quantitative estimate of drug-likeness (QED) is 0.539. The fraction of sp³-hybridized carbons (Fsp3) is 0.455. The van der Waals surface area contributed by atoms with Crippen molar-refractivity contribution in [2.75, 3.05) is 13.2 Å². The molecule has 0 aliphatic heterocycles. The molecule has 0 aliphatic carbocycles. The van der Waals surface area contributed by atoms with E-state index in [1.54, 1.807) is 38.1 Å². The molecule has 1 aromatic carbocycles. The Morgan fingerprint density at radius 1 is 1.24 bits per heavy atom. The Morgan fingerprint density at radius 3 is 2.12 bits per heavy atom. The van der Waals surface area contributed by atoms with Gasteiger partial charge in [-0.25, -0.2) is 0 Å². The van der Waals surface area contributed by atoms with E-state index in [0.717, 1.165) is 5.56 Å². The predicted molar refractivity (Wildman–Crippen MR) is 74.0 cm³/mol. The van der Waals surface area contributed by atoms with E-state index < -0.39 is 12.2 Å². The van der Waals surface area contributed by atoms with Gasteiger partial charge in [0.2, 0.25) is 0 Å². The van der Waals surface area contributed by atoms with Crippen LogP contribution in [0.5, 0.6) is 0 Å². The van der Waals surface area contributed by atoms with Gasteiger partial charge in [0.25, 0.3) is 0 Å². The summed E-state index contributed by atoms with van der Waals surface area (Å²) in [7, 11) is -3.17. The summed E-state index contributed by atoms with van der Waals surface area (Å²) in [5, 5.41) is 0.635. The van der Waals surface area contributed by atoms with Crippen molar-refractivity contribution in [2.24, 2.45) is 0 Å². The van der Waals surface area contributed by atoms with Gasteiger partial charge in [0, 0.05) is 5.02 Å². The predicted octanol–water partition coefficient (Wildman–Crippen LogP) is 5.00. The van der Waals surface area contributed by atoms with E-state index in [2.05, 4.69) is 15.9 Å². The molecule has 0 heterocycles. The molecular weight excluding hydrogens is 326 g/mol. The van der Waals surface area contributed by atoms with E-state index in [-0.39, 0.29) is 0 Å². The van der Waals surface area contributed by atoms with Gasteiger partial charge in [0.05, 0.1) is 13.2 Å². The van der Waals surface area contributed by atoms with Crippen molar-refractivity contribution in [3.8, 4) is 0 Å². The minimum Gasteiger partial charge on any atom is -0.308 e. The molecular formula is C11H15BrClO3P. The molecule has 1 unspecified atom stereocenters. The lowest BCUT2D eigenvalue weighted by molar-refractivity contribution is 0.219. The maximum atomic E-state index is 12.5. The van der Waals surface area contributed by atoms with E-state index in [4.69, 9.17) is 20.6 Å². The summed E-state index contributed by atoms with van der Waals surface area (Å²) in [4.78, 5) is 0. The summed E-state index contributed by atoms with van der Waals surface area (Å²) >= 11 is 9.19. The zero-order valence-electron chi connectivity index (χ0n) is 9.73. The van der Waals surface area contributed by atoms with Gasteiger partial charge >= 0.3 is 7.60 Å². The molecule has 96 valence electrons. The van der Waals surface area contributed by atoms with Crippen LogP contribution in [0.1, 0.15) is 24.0 Å². The molecule has 0 aliphatic rings. The van der Waals surface area contributed by atoms with E-state index in [0.29, 0.717) is 18.2 Å². The lowest BCUT2D eigenvalue weighted by Crippen LogP contribution is -2.01. The second-order valence-corrected chi connectivity index (χ2v) is 7.43. The van der Waals surface area contributed by atoms with Crippen molar-refractivity contribution < 1.29 is 13.6 Å². The van der Waals surface area contributed by atoms with Gasteiger partial charge in [-0.2, -0.15) is 0 Å². The molecule has 0 aromatic heterocycles.